The van der Waals surface area contributed by atoms with Gasteiger partial charge >= 0.3 is 0 Å². The Morgan fingerprint density at radius 3 is 1.87 bits per heavy atom. The van der Waals surface area contributed by atoms with Crippen molar-refractivity contribution in [1.29, 1.82) is 0 Å². The second-order valence-electron chi connectivity index (χ2n) is 3.05. The first-order chi connectivity index (χ1) is 7.26. The third-order valence-corrected chi connectivity index (χ3v) is 2.21. The highest BCUT2D eigenvalue weighted by molar-refractivity contribution is 5.50. The number of rotatable bonds is 5. The van der Waals surface area contributed by atoms with Gasteiger partial charge in [0.25, 0.3) is 0 Å². The molecule has 0 fully saturated rings. The van der Waals surface area contributed by atoms with E-state index in [0.717, 1.165) is 23.5 Å². The van der Waals surface area contributed by atoms with Crippen molar-refractivity contribution in [2.24, 2.45) is 5.73 Å². The second-order valence-corrected chi connectivity index (χ2v) is 3.05. The monoisotopic (exact) mass is 212 g/mol. The quantitative estimate of drug-likeness (QED) is 0.797. The molecule has 15 heavy (non-hydrogen) atoms. The van der Waals surface area contributed by atoms with E-state index < -0.39 is 0 Å². The topological polar surface area (TPSA) is 53.7 Å². The Hall–Kier alpha value is -1.42. The van der Waals surface area contributed by atoms with E-state index in [1.54, 1.807) is 21.3 Å². The Morgan fingerprint density at radius 2 is 1.53 bits per heavy atom. The summed E-state index contributed by atoms with van der Waals surface area (Å²) in [5.74, 6) is 2.21. The summed E-state index contributed by atoms with van der Waals surface area (Å²) >= 11 is 0. The SMILES string of the molecule is COc1cc(OC)c(CCN)[13c](OC)c1. The molecule has 0 aliphatic rings. The Labute approximate surface area is 89.9 Å². The van der Waals surface area contributed by atoms with Gasteiger partial charge in [0, 0.05) is 17.7 Å². The fourth-order valence-electron chi connectivity index (χ4n) is 1.47. The van der Waals surface area contributed by atoms with E-state index in [1.807, 2.05) is 12.1 Å². The van der Waals surface area contributed by atoms with Gasteiger partial charge in [-0.15, -0.1) is 0 Å². The van der Waals surface area contributed by atoms with Crippen molar-refractivity contribution in [1.82, 2.24) is 0 Å². The standard InChI is InChI=1S/C11H17NO3/c1-13-8-6-10(14-2)9(4-5-12)11(7-8)15-3/h6-7H,4-5,12H2,1-3H3/i10+1. The van der Waals surface area contributed by atoms with Crippen molar-refractivity contribution in [3.63, 3.8) is 0 Å². The van der Waals surface area contributed by atoms with E-state index in [9.17, 15) is 0 Å². The zero-order chi connectivity index (χ0) is 11.3. The molecule has 0 aromatic heterocycles. The molecule has 0 aliphatic carbocycles. The highest BCUT2D eigenvalue weighted by atomic mass is 16.5. The van der Waals surface area contributed by atoms with Crippen LogP contribution >= 0.6 is 0 Å². The molecule has 0 radical (unpaired) electrons. The summed E-state index contributed by atoms with van der Waals surface area (Å²) in [6.45, 7) is 0.555. The highest BCUT2D eigenvalue weighted by Gasteiger charge is 2.11. The van der Waals surface area contributed by atoms with Crippen LogP contribution in [0.25, 0.3) is 0 Å². The third-order valence-electron chi connectivity index (χ3n) is 2.21. The first-order valence-electron chi connectivity index (χ1n) is 4.75. The van der Waals surface area contributed by atoms with Crippen LogP contribution < -0.4 is 19.9 Å². The van der Waals surface area contributed by atoms with Gasteiger partial charge in [0.05, 0.1) is 21.3 Å². The number of hydrogen-bond donors (Lipinski definition) is 1. The van der Waals surface area contributed by atoms with Crippen LogP contribution in [0.3, 0.4) is 0 Å². The fourth-order valence-corrected chi connectivity index (χ4v) is 1.47. The molecular weight excluding hydrogens is 195 g/mol. The lowest BCUT2D eigenvalue weighted by molar-refractivity contribution is 0.369. The average molecular weight is 212 g/mol. The first-order valence-corrected chi connectivity index (χ1v) is 4.75. The Morgan fingerprint density at radius 1 is 1.00 bits per heavy atom. The minimum atomic E-state index is 0.555. The van der Waals surface area contributed by atoms with Gasteiger partial charge < -0.3 is 19.9 Å². The molecule has 0 amide bonds. The van der Waals surface area contributed by atoms with E-state index in [0.29, 0.717) is 12.3 Å². The molecule has 1 rings (SSSR count). The smallest absolute Gasteiger partial charge is 0.129 e. The minimum absolute atomic E-state index is 0.555. The second kappa shape index (κ2) is 5.46. The largest absolute Gasteiger partial charge is 0.496 e. The molecular formula is C11H17NO3. The van der Waals surface area contributed by atoms with E-state index in [1.165, 1.54) is 0 Å². The molecule has 84 valence electrons. The average Bonchev–Trinajstić information content (AvgIpc) is 2.29. The molecule has 0 heterocycles. The van der Waals surface area contributed by atoms with E-state index in [2.05, 4.69) is 0 Å². The van der Waals surface area contributed by atoms with Gasteiger partial charge in [0.2, 0.25) is 0 Å². The van der Waals surface area contributed by atoms with Gasteiger partial charge in [-0.1, -0.05) is 0 Å². The van der Waals surface area contributed by atoms with E-state index in [-0.39, 0.29) is 0 Å². The number of methoxy groups -OCH3 is 3. The van der Waals surface area contributed by atoms with E-state index >= 15 is 0 Å². The number of ether oxygens (including phenoxy) is 3. The highest BCUT2D eigenvalue weighted by Crippen LogP contribution is 2.33. The molecule has 4 nitrogen and oxygen atoms in total. The van der Waals surface area contributed by atoms with Gasteiger partial charge in [-0.25, -0.2) is 0 Å². The van der Waals surface area contributed by atoms with Crippen molar-refractivity contribution < 1.29 is 14.2 Å². The lowest BCUT2D eigenvalue weighted by atomic mass is 10.2. The molecule has 2 N–H and O–H groups in total. The molecule has 0 bridgehead atoms. The van der Waals surface area contributed by atoms with Crippen molar-refractivity contribution in [2.45, 2.75) is 6.42 Å². The summed E-state index contributed by atoms with van der Waals surface area (Å²) in [6.07, 6.45) is 0.719. The van der Waals surface area contributed by atoms with Crippen LogP contribution in [0.5, 0.6) is 17.2 Å². The summed E-state index contributed by atoms with van der Waals surface area (Å²) in [5, 5.41) is 0. The van der Waals surface area contributed by atoms with Crippen LogP contribution in [0.15, 0.2) is 12.1 Å². The van der Waals surface area contributed by atoms with Crippen LogP contribution in [0.1, 0.15) is 5.56 Å². The zero-order valence-corrected chi connectivity index (χ0v) is 9.37. The van der Waals surface area contributed by atoms with E-state index in [4.69, 9.17) is 19.9 Å². The van der Waals surface area contributed by atoms with Crippen molar-refractivity contribution >= 4 is 0 Å². The van der Waals surface area contributed by atoms with Crippen molar-refractivity contribution in [3.8, 4) is 17.2 Å². The molecule has 0 atom stereocenters. The Balaban J connectivity index is 3.19. The summed E-state index contributed by atoms with van der Waals surface area (Å²) in [5.41, 5.74) is 6.51. The molecule has 0 spiro atoms. The number of benzene rings is 1. The maximum absolute atomic E-state index is 5.54. The molecule has 0 unspecified atom stereocenters. The fraction of sp³-hybridized carbons (Fsp3) is 0.455. The lowest BCUT2D eigenvalue weighted by Gasteiger charge is -2.14. The van der Waals surface area contributed by atoms with Gasteiger partial charge in [0.15, 0.2) is 0 Å². The predicted octanol–water partition coefficient (Wildman–Crippen LogP) is 1.21. The van der Waals surface area contributed by atoms with Gasteiger partial charge in [-0.2, -0.15) is 0 Å². The van der Waals surface area contributed by atoms with Crippen LogP contribution in [-0.2, 0) is 6.42 Å². The van der Waals surface area contributed by atoms with Crippen molar-refractivity contribution in [2.75, 3.05) is 27.9 Å². The maximum atomic E-state index is 5.54. The van der Waals surface area contributed by atoms with Gasteiger partial charge in [0.1, 0.15) is 17.2 Å². The molecule has 0 saturated heterocycles. The number of hydrogen-bond acceptors (Lipinski definition) is 4. The summed E-state index contributed by atoms with van der Waals surface area (Å²) in [6, 6.07) is 3.65. The molecule has 0 aliphatic heterocycles. The van der Waals surface area contributed by atoms with Gasteiger partial charge in [-0.05, 0) is 13.0 Å². The Bertz CT molecular complexity index is 301. The van der Waals surface area contributed by atoms with Crippen LogP contribution in [0.2, 0.25) is 0 Å². The summed E-state index contributed by atoms with van der Waals surface area (Å²) < 4.78 is 15.7. The van der Waals surface area contributed by atoms with Gasteiger partial charge in [-0.3, -0.25) is 0 Å². The van der Waals surface area contributed by atoms with Crippen LogP contribution in [-0.4, -0.2) is 27.9 Å². The van der Waals surface area contributed by atoms with Crippen LogP contribution in [0, 0.1) is 0 Å². The normalized spacial score (nSPS) is 9.87. The maximum Gasteiger partial charge on any atom is 0.129 e. The minimum Gasteiger partial charge on any atom is -0.496 e. The summed E-state index contributed by atoms with van der Waals surface area (Å²) in [4.78, 5) is 0. The van der Waals surface area contributed by atoms with Crippen molar-refractivity contribution in [3.05, 3.63) is 17.7 Å². The molecule has 1 aromatic rings. The summed E-state index contributed by atoms with van der Waals surface area (Å²) in [7, 11) is 4.85. The first kappa shape index (κ1) is 11.7. The lowest BCUT2D eigenvalue weighted by Crippen LogP contribution is -2.06. The van der Waals surface area contributed by atoms with Crippen LogP contribution in [0.4, 0.5) is 0 Å². The third kappa shape index (κ3) is 2.53. The molecule has 1 aromatic carbocycles. The Kier molecular flexibility index (Phi) is 4.24. The molecule has 0 saturated carbocycles. The molecule has 4 heteroatoms. The zero-order valence-electron chi connectivity index (χ0n) is 9.37. The predicted molar refractivity (Wildman–Crippen MR) is 58.9 cm³/mol. The number of nitrogens with two attached hydrogens (primary N) is 1.